The van der Waals surface area contributed by atoms with E-state index < -0.39 is 0 Å². The van der Waals surface area contributed by atoms with Crippen molar-refractivity contribution < 1.29 is 14.4 Å². The van der Waals surface area contributed by atoms with Crippen LogP contribution in [0.1, 0.15) is 62.7 Å². The lowest BCUT2D eigenvalue weighted by Gasteiger charge is -2.40. The molecule has 28 heavy (non-hydrogen) atoms. The van der Waals surface area contributed by atoms with Crippen molar-refractivity contribution in [1.82, 2.24) is 9.80 Å². The second-order valence-corrected chi connectivity index (χ2v) is 7.95. The largest absolute Gasteiger partial charge is 0.336 e. The maximum atomic E-state index is 13.1. The Morgan fingerprint density at radius 1 is 1.14 bits per heavy atom. The first-order chi connectivity index (χ1) is 13.5. The van der Waals surface area contributed by atoms with Crippen LogP contribution in [0.3, 0.4) is 0 Å². The van der Waals surface area contributed by atoms with E-state index in [1.165, 1.54) is 19.3 Å². The zero-order valence-electron chi connectivity index (χ0n) is 16.9. The van der Waals surface area contributed by atoms with E-state index in [1.54, 1.807) is 29.2 Å². The first kappa shape index (κ1) is 20.4. The number of hydrogen-bond acceptors (Lipinski definition) is 3. The molecule has 1 unspecified atom stereocenters. The third kappa shape index (κ3) is 4.54. The maximum absolute atomic E-state index is 13.1. The Hall–Kier alpha value is -2.37. The summed E-state index contributed by atoms with van der Waals surface area (Å²) in [5, 5.41) is 2.87. The van der Waals surface area contributed by atoms with Crippen molar-refractivity contribution in [1.29, 1.82) is 0 Å². The van der Waals surface area contributed by atoms with E-state index in [0.29, 0.717) is 30.4 Å². The normalized spacial score (nSPS) is 19.4. The molecule has 0 bridgehead atoms. The van der Waals surface area contributed by atoms with Crippen LogP contribution in [0.25, 0.3) is 0 Å². The fourth-order valence-electron chi connectivity index (χ4n) is 4.03. The van der Waals surface area contributed by atoms with Crippen molar-refractivity contribution in [2.24, 2.45) is 5.92 Å². The van der Waals surface area contributed by atoms with Crippen LogP contribution in [0.4, 0.5) is 5.69 Å². The van der Waals surface area contributed by atoms with Crippen LogP contribution in [0.5, 0.6) is 0 Å². The maximum Gasteiger partial charge on any atom is 0.256 e. The molecular weight excluding hydrogens is 354 g/mol. The lowest BCUT2D eigenvalue weighted by molar-refractivity contribution is -0.138. The molecule has 1 N–H and O–H groups in total. The van der Waals surface area contributed by atoms with Gasteiger partial charge in [-0.15, -0.1) is 0 Å². The lowest BCUT2D eigenvalue weighted by atomic mass is 9.93. The van der Waals surface area contributed by atoms with Gasteiger partial charge in [0, 0.05) is 25.0 Å². The van der Waals surface area contributed by atoms with Gasteiger partial charge in [0.25, 0.3) is 5.91 Å². The van der Waals surface area contributed by atoms with Crippen LogP contribution in [0, 0.1) is 5.92 Å². The van der Waals surface area contributed by atoms with Gasteiger partial charge in [-0.1, -0.05) is 45.2 Å². The molecule has 6 nitrogen and oxygen atoms in total. The Morgan fingerprint density at radius 2 is 1.86 bits per heavy atom. The highest BCUT2D eigenvalue weighted by Gasteiger charge is 2.33. The second-order valence-electron chi connectivity index (χ2n) is 7.95. The van der Waals surface area contributed by atoms with E-state index in [1.807, 2.05) is 18.7 Å². The first-order valence-corrected chi connectivity index (χ1v) is 10.5. The number of para-hydroxylation sites is 1. The van der Waals surface area contributed by atoms with Crippen molar-refractivity contribution in [3.05, 3.63) is 29.8 Å². The van der Waals surface area contributed by atoms with Gasteiger partial charge in [0.05, 0.1) is 11.3 Å². The molecule has 1 aromatic rings. The highest BCUT2D eigenvalue weighted by molar-refractivity contribution is 6.05. The summed E-state index contributed by atoms with van der Waals surface area (Å²) < 4.78 is 0. The van der Waals surface area contributed by atoms with E-state index in [-0.39, 0.29) is 30.2 Å². The first-order valence-electron chi connectivity index (χ1n) is 10.5. The minimum Gasteiger partial charge on any atom is -0.336 e. The third-order valence-corrected chi connectivity index (χ3v) is 6.04. The number of rotatable bonds is 5. The van der Waals surface area contributed by atoms with Crippen LogP contribution >= 0.6 is 0 Å². The van der Waals surface area contributed by atoms with Crippen LogP contribution in [0.15, 0.2) is 24.3 Å². The average Bonchev–Trinajstić information content (AvgIpc) is 2.73. The molecule has 0 spiro atoms. The minimum atomic E-state index is -0.198. The Morgan fingerprint density at radius 3 is 2.54 bits per heavy atom. The number of carbonyl (C=O) groups excluding carboxylic acids is 3. The Kier molecular flexibility index (Phi) is 6.70. The molecule has 1 aromatic carbocycles. The van der Waals surface area contributed by atoms with E-state index in [2.05, 4.69) is 5.32 Å². The molecule has 1 saturated heterocycles. The molecule has 1 heterocycles. The minimum absolute atomic E-state index is 0.0348. The summed E-state index contributed by atoms with van der Waals surface area (Å²) in [6.07, 6.45) is 6.50. The summed E-state index contributed by atoms with van der Waals surface area (Å²) >= 11 is 0. The number of hydrogen-bond donors (Lipinski definition) is 1. The summed E-state index contributed by atoms with van der Waals surface area (Å²) in [4.78, 5) is 41.6. The number of amides is 3. The smallest absolute Gasteiger partial charge is 0.256 e. The van der Waals surface area contributed by atoms with Gasteiger partial charge in [-0.05, 0) is 31.4 Å². The topological polar surface area (TPSA) is 69.7 Å². The van der Waals surface area contributed by atoms with Crippen molar-refractivity contribution in [3.63, 3.8) is 0 Å². The molecular formula is C22H31N3O3. The van der Waals surface area contributed by atoms with Crippen molar-refractivity contribution >= 4 is 23.4 Å². The van der Waals surface area contributed by atoms with Crippen LogP contribution in [-0.2, 0) is 9.59 Å². The van der Waals surface area contributed by atoms with Crippen molar-refractivity contribution in [2.75, 3.05) is 25.0 Å². The average molecular weight is 386 g/mol. The van der Waals surface area contributed by atoms with Crippen molar-refractivity contribution in [2.45, 2.75) is 58.4 Å². The summed E-state index contributed by atoms with van der Waals surface area (Å²) in [6, 6.07) is 7.38. The fraction of sp³-hybridized carbons (Fsp3) is 0.591. The van der Waals surface area contributed by atoms with Gasteiger partial charge in [-0.3, -0.25) is 14.4 Å². The van der Waals surface area contributed by atoms with E-state index in [0.717, 1.165) is 19.3 Å². The number of nitrogens with zero attached hydrogens (tertiary/aromatic N) is 2. The zero-order valence-corrected chi connectivity index (χ0v) is 16.9. The van der Waals surface area contributed by atoms with E-state index in [9.17, 15) is 14.4 Å². The molecule has 1 aliphatic carbocycles. The SMILES string of the molecule is CCC(C)C(=O)Nc1ccccc1C(=O)N1CCN(C2CCCCC2)C(=O)C1. The molecule has 1 atom stereocenters. The van der Waals surface area contributed by atoms with Gasteiger partial charge in [0.15, 0.2) is 0 Å². The molecule has 1 aliphatic heterocycles. The van der Waals surface area contributed by atoms with Gasteiger partial charge >= 0.3 is 0 Å². The molecule has 3 amide bonds. The fourth-order valence-corrected chi connectivity index (χ4v) is 4.03. The standard InChI is InChI=1S/C22H31N3O3/c1-3-16(2)21(27)23-19-12-8-7-11-18(19)22(28)24-13-14-25(20(26)15-24)17-9-5-4-6-10-17/h7-8,11-12,16-17H,3-6,9-10,13-15H2,1-2H3,(H,23,27). The van der Waals surface area contributed by atoms with Gasteiger partial charge in [0.1, 0.15) is 6.54 Å². The van der Waals surface area contributed by atoms with Crippen LogP contribution in [-0.4, -0.2) is 53.2 Å². The Labute approximate surface area is 167 Å². The predicted molar refractivity (Wildman–Crippen MR) is 109 cm³/mol. The number of carbonyl (C=O) groups is 3. The molecule has 3 rings (SSSR count). The highest BCUT2D eigenvalue weighted by Crippen LogP contribution is 2.25. The van der Waals surface area contributed by atoms with Gasteiger partial charge in [-0.2, -0.15) is 0 Å². The lowest BCUT2D eigenvalue weighted by Crippen LogP contribution is -2.55. The summed E-state index contributed by atoms with van der Waals surface area (Å²) in [6.45, 7) is 5.07. The number of piperazine rings is 1. The number of benzene rings is 1. The quantitative estimate of drug-likeness (QED) is 0.846. The molecule has 2 aliphatic rings. The molecule has 0 aromatic heterocycles. The highest BCUT2D eigenvalue weighted by atomic mass is 16.2. The van der Waals surface area contributed by atoms with Gasteiger partial charge in [-0.25, -0.2) is 0 Å². The Bertz CT molecular complexity index is 727. The van der Waals surface area contributed by atoms with E-state index in [4.69, 9.17) is 0 Å². The second kappa shape index (κ2) is 9.22. The zero-order chi connectivity index (χ0) is 20.1. The predicted octanol–water partition coefficient (Wildman–Crippen LogP) is 3.29. The number of anilines is 1. The van der Waals surface area contributed by atoms with Gasteiger partial charge in [0.2, 0.25) is 11.8 Å². The Balaban J connectivity index is 1.68. The van der Waals surface area contributed by atoms with Crippen molar-refractivity contribution in [3.8, 4) is 0 Å². The monoisotopic (exact) mass is 385 g/mol. The summed E-state index contributed by atoms with van der Waals surface area (Å²) in [7, 11) is 0. The van der Waals surface area contributed by atoms with Crippen LogP contribution in [0.2, 0.25) is 0 Å². The summed E-state index contributed by atoms with van der Waals surface area (Å²) in [5.74, 6) is -0.381. The number of nitrogens with one attached hydrogen (secondary N) is 1. The molecule has 152 valence electrons. The van der Waals surface area contributed by atoms with E-state index >= 15 is 0 Å². The summed E-state index contributed by atoms with van der Waals surface area (Å²) in [5.41, 5.74) is 0.957. The van der Waals surface area contributed by atoms with Crippen LogP contribution < -0.4 is 5.32 Å². The molecule has 0 radical (unpaired) electrons. The molecule has 1 saturated carbocycles. The molecule has 6 heteroatoms. The molecule has 2 fully saturated rings. The third-order valence-electron chi connectivity index (χ3n) is 6.04. The van der Waals surface area contributed by atoms with Gasteiger partial charge < -0.3 is 15.1 Å².